The maximum atomic E-state index is 13.6. The Balaban J connectivity index is 1.49. The molecule has 0 saturated carbocycles. The SMILES string of the molecule is O=C(Cc1ccccc1F)Nc1ccc(NCCc2ccccc2F)cc1. The van der Waals surface area contributed by atoms with Gasteiger partial charge in [-0.15, -0.1) is 0 Å². The molecule has 0 aliphatic rings. The highest BCUT2D eigenvalue weighted by molar-refractivity contribution is 5.92. The minimum absolute atomic E-state index is 0.0185. The molecule has 0 spiro atoms. The van der Waals surface area contributed by atoms with Crippen LogP contribution in [-0.4, -0.2) is 12.5 Å². The van der Waals surface area contributed by atoms with E-state index in [4.69, 9.17) is 0 Å². The average Bonchev–Trinajstić information content (AvgIpc) is 2.66. The van der Waals surface area contributed by atoms with Gasteiger partial charge in [-0.2, -0.15) is 0 Å². The lowest BCUT2D eigenvalue weighted by Gasteiger charge is -2.09. The largest absolute Gasteiger partial charge is 0.385 e. The summed E-state index contributed by atoms with van der Waals surface area (Å²) >= 11 is 0. The Morgan fingerprint density at radius 1 is 0.741 bits per heavy atom. The van der Waals surface area contributed by atoms with Crippen LogP contribution in [0.1, 0.15) is 11.1 Å². The van der Waals surface area contributed by atoms with Gasteiger partial charge in [0.25, 0.3) is 0 Å². The van der Waals surface area contributed by atoms with Gasteiger partial charge in [0, 0.05) is 17.9 Å². The number of carbonyl (C=O) groups excluding carboxylic acids is 1. The molecule has 138 valence electrons. The predicted molar refractivity (Wildman–Crippen MR) is 104 cm³/mol. The number of amides is 1. The number of anilines is 2. The van der Waals surface area contributed by atoms with Crippen LogP contribution in [0, 0.1) is 11.6 Å². The lowest BCUT2D eigenvalue weighted by atomic mass is 10.1. The lowest BCUT2D eigenvalue weighted by Crippen LogP contribution is -2.15. The van der Waals surface area contributed by atoms with Gasteiger partial charge >= 0.3 is 0 Å². The van der Waals surface area contributed by atoms with Gasteiger partial charge in [-0.3, -0.25) is 4.79 Å². The number of nitrogens with one attached hydrogen (secondary N) is 2. The first kappa shape index (κ1) is 18.6. The Kier molecular flexibility index (Phi) is 6.15. The second-order valence-electron chi connectivity index (χ2n) is 6.16. The molecule has 0 aromatic heterocycles. The molecular formula is C22H20F2N2O. The van der Waals surface area contributed by atoms with Crippen LogP contribution in [0.25, 0.3) is 0 Å². The molecule has 3 rings (SSSR count). The zero-order valence-electron chi connectivity index (χ0n) is 14.7. The van der Waals surface area contributed by atoms with Crippen LogP contribution in [-0.2, 0) is 17.6 Å². The van der Waals surface area contributed by atoms with Crippen LogP contribution in [0.5, 0.6) is 0 Å². The summed E-state index contributed by atoms with van der Waals surface area (Å²) in [6, 6.07) is 20.1. The van der Waals surface area contributed by atoms with E-state index in [0.717, 1.165) is 5.69 Å². The van der Waals surface area contributed by atoms with Crippen molar-refractivity contribution in [2.24, 2.45) is 0 Å². The molecule has 0 aliphatic heterocycles. The standard InChI is InChI=1S/C22H20F2N2O/c23-20-7-3-1-5-16(20)13-14-25-18-9-11-19(12-10-18)26-22(27)15-17-6-2-4-8-21(17)24/h1-12,25H,13-15H2,(H,26,27). The van der Waals surface area contributed by atoms with E-state index < -0.39 is 0 Å². The molecule has 0 fully saturated rings. The van der Waals surface area contributed by atoms with E-state index in [2.05, 4.69) is 10.6 Å². The van der Waals surface area contributed by atoms with E-state index in [1.165, 1.54) is 12.1 Å². The first-order valence-electron chi connectivity index (χ1n) is 8.72. The normalized spacial score (nSPS) is 10.4. The molecular weight excluding hydrogens is 346 g/mol. The highest BCUT2D eigenvalue weighted by Gasteiger charge is 2.08. The summed E-state index contributed by atoms with van der Waals surface area (Å²) in [5.41, 5.74) is 2.54. The quantitative estimate of drug-likeness (QED) is 0.631. The van der Waals surface area contributed by atoms with Crippen molar-refractivity contribution < 1.29 is 13.6 Å². The van der Waals surface area contributed by atoms with Crippen LogP contribution in [0.2, 0.25) is 0 Å². The highest BCUT2D eigenvalue weighted by Crippen LogP contribution is 2.15. The minimum atomic E-state index is -0.387. The fourth-order valence-electron chi connectivity index (χ4n) is 2.73. The summed E-state index contributed by atoms with van der Waals surface area (Å²) in [7, 11) is 0. The first-order valence-corrected chi connectivity index (χ1v) is 8.72. The average molecular weight is 366 g/mol. The number of carbonyl (C=O) groups is 1. The van der Waals surface area contributed by atoms with Gasteiger partial charge in [0.2, 0.25) is 5.91 Å². The molecule has 3 aromatic rings. The van der Waals surface area contributed by atoms with E-state index in [9.17, 15) is 13.6 Å². The summed E-state index contributed by atoms with van der Waals surface area (Å²) in [4.78, 5) is 12.1. The monoisotopic (exact) mass is 366 g/mol. The van der Waals surface area contributed by atoms with Gasteiger partial charge in [-0.05, 0) is 53.9 Å². The zero-order chi connectivity index (χ0) is 19.1. The minimum Gasteiger partial charge on any atom is -0.385 e. The second-order valence-corrected chi connectivity index (χ2v) is 6.16. The maximum absolute atomic E-state index is 13.6. The first-order chi connectivity index (χ1) is 13.1. The van der Waals surface area contributed by atoms with Gasteiger partial charge in [0.15, 0.2) is 0 Å². The number of benzene rings is 3. The van der Waals surface area contributed by atoms with E-state index >= 15 is 0 Å². The van der Waals surface area contributed by atoms with Crippen molar-refractivity contribution in [1.29, 1.82) is 0 Å². The summed E-state index contributed by atoms with van der Waals surface area (Å²) in [6.45, 7) is 0.597. The number of halogens is 2. The molecule has 3 aromatic carbocycles. The fourth-order valence-corrected chi connectivity index (χ4v) is 2.73. The number of rotatable bonds is 7. The molecule has 3 nitrogen and oxygen atoms in total. The van der Waals surface area contributed by atoms with Crippen molar-refractivity contribution in [2.45, 2.75) is 12.8 Å². The van der Waals surface area contributed by atoms with Crippen LogP contribution in [0.3, 0.4) is 0 Å². The van der Waals surface area contributed by atoms with E-state index in [1.54, 1.807) is 42.5 Å². The maximum Gasteiger partial charge on any atom is 0.228 e. The van der Waals surface area contributed by atoms with Crippen LogP contribution < -0.4 is 10.6 Å². The Labute approximate surface area is 157 Å². The van der Waals surface area contributed by atoms with Crippen molar-refractivity contribution in [2.75, 3.05) is 17.2 Å². The summed E-state index contributed by atoms with van der Waals surface area (Å²) in [5, 5.41) is 5.97. The molecule has 5 heteroatoms. The van der Waals surface area contributed by atoms with Crippen molar-refractivity contribution in [3.63, 3.8) is 0 Å². The summed E-state index contributed by atoms with van der Waals surface area (Å²) in [5.74, 6) is -0.866. The third-order valence-corrected chi connectivity index (χ3v) is 4.16. The topological polar surface area (TPSA) is 41.1 Å². The van der Waals surface area contributed by atoms with E-state index in [1.807, 2.05) is 18.2 Å². The third kappa shape index (κ3) is 5.38. The third-order valence-electron chi connectivity index (χ3n) is 4.16. The van der Waals surface area contributed by atoms with Crippen molar-refractivity contribution >= 4 is 17.3 Å². The van der Waals surface area contributed by atoms with Crippen molar-refractivity contribution in [1.82, 2.24) is 0 Å². The molecule has 0 unspecified atom stereocenters. The fraction of sp³-hybridized carbons (Fsp3) is 0.136. The second kappa shape index (κ2) is 8.94. The predicted octanol–water partition coefficient (Wildman–Crippen LogP) is 4.80. The molecule has 0 heterocycles. The molecule has 2 N–H and O–H groups in total. The van der Waals surface area contributed by atoms with Crippen LogP contribution in [0.15, 0.2) is 72.8 Å². The number of hydrogen-bond donors (Lipinski definition) is 2. The smallest absolute Gasteiger partial charge is 0.228 e. The molecule has 0 aliphatic carbocycles. The van der Waals surface area contributed by atoms with Crippen molar-refractivity contribution in [3.05, 3.63) is 95.6 Å². The molecule has 0 bridgehead atoms. The lowest BCUT2D eigenvalue weighted by molar-refractivity contribution is -0.115. The van der Waals surface area contributed by atoms with Gasteiger partial charge < -0.3 is 10.6 Å². The molecule has 0 radical (unpaired) electrons. The highest BCUT2D eigenvalue weighted by atomic mass is 19.1. The van der Waals surface area contributed by atoms with Gasteiger partial charge in [0.05, 0.1) is 6.42 Å². The molecule has 0 saturated heterocycles. The van der Waals surface area contributed by atoms with Gasteiger partial charge in [-0.1, -0.05) is 36.4 Å². The number of hydrogen-bond acceptors (Lipinski definition) is 2. The van der Waals surface area contributed by atoms with Crippen LogP contribution >= 0.6 is 0 Å². The van der Waals surface area contributed by atoms with Gasteiger partial charge in [0.1, 0.15) is 11.6 Å². The molecule has 1 amide bonds. The van der Waals surface area contributed by atoms with E-state index in [-0.39, 0.29) is 24.0 Å². The van der Waals surface area contributed by atoms with Crippen LogP contribution in [0.4, 0.5) is 20.2 Å². The Bertz CT molecular complexity index is 910. The Hall–Kier alpha value is -3.21. The zero-order valence-corrected chi connectivity index (χ0v) is 14.7. The Morgan fingerprint density at radius 3 is 1.93 bits per heavy atom. The van der Waals surface area contributed by atoms with E-state index in [0.29, 0.717) is 29.8 Å². The summed E-state index contributed by atoms with van der Waals surface area (Å²) in [6.07, 6.45) is 0.559. The Morgan fingerprint density at radius 2 is 1.30 bits per heavy atom. The summed E-state index contributed by atoms with van der Waals surface area (Å²) < 4.78 is 27.2. The molecule has 27 heavy (non-hydrogen) atoms. The van der Waals surface area contributed by atoms with Gasteiger partial charge in [-0.25, -0.2) is 8.78 Å². The van der Waals surface area contributed by atoms with Crippen molar-refractivity contribution in [3.8, 4) is 0 Å². The molecule has 0 atom stereocenters.